The topological polar surface area (TPSA) is 72.2 Å². The number of aliphatic hydroxyl groups is 1. The number of hydrogen-bond acceptors (Lipinski definition) is 6. The molecule has 6 nitrogen and oxygen atoms in total. The van der Waals surface area contributed by atoms with Gasteiger partial charge in [0.05, 0.1) is 18.6 Å². The van der Waals surface area contributed by atoms with Crippen molar-refractivity contribution in [2.45, 2.75) is 18.5 Å². The van der Waals surface area contributed by atoms with Crippen LogP contribution in [0, 0.1) is 0 Å². The van der Waals surface area contributed by atoms with Crippen LogP contribution < -0.4 is 10.1 Å². The fourth-order valence-corrected chi connectivity index (χ4v) is 4.13. The second-order valence-electron chi connectivity index (χ2n) is 6.10. The van der Waals surface area contributed by atoms with Crippen molar-refractivity contribution in [1.82, 2.24) is 19.9 Å². The zero-order valence-electron chi connectivity index (χ0n) is 14.3. The van der Waals surface area contributed by atoms with Gasteiger partial charge in [-0.05, 0) is 18.6 Å². The van der Waals surface area contributed by atoms with E-state index in [1.165, 1.54) is 0 Å². The Hall–Kier alpha value is -1.93. The Labute approximate surface area is 162 Å². The number of imidazole rings is 1. The molecule has 0 radical (unpaired) electrons. The van der Waals surface area contributed by atoms with Gasteiger partial charge in [-0.1, -0.05) is 12.1 Å². The summed E-state index contributed by atoms with van der Waals surface area (Å²) in [6.07, 6.45) is 6.62. The van der Waals surface area contributed by atoms with Crippen LogP contribution >= 0.6 is 23.7 Å². The second-order valence-corrected chi connectivity index (χ2v) is 7.13. The quantitative estimate of drug-likeness (QED) is 0.698. The molecule has 3 heterocycles. The predicted octanol–water partition coefficient (Wildman–Crippen LogP) is 3.00. The Bertz CT molecular complexity index is 866. The van der Waals surface area contributed by atoms with Crippen molar-refractivity contribution in [3.8, 4) is 27.0 Å². The Morgan fingerprint density at radius 1 is 1.38 bits per heavy atom. The van der Waals surface area contributed by atoms with Crippen LogP contribution in [0.5, 0.6) is 5.75 Å². The number of hydrogen-bond donors (Lipinski definition) is 2. The maximum absolute atomic E-state index is 9.33. The third kappa shape index (κ3) is 3.61. The summed E-state index contributed by atoms with van der Waals surface area (Å²) < 4.78 is 7.48. The van der Waals surface area contributed by atoms with Crippen molar-refractivity contribution in [1.29, 1.82) is 0 Å². The number of thiazole rings is 1. The molecule has 0 amide bonds. The van der Waals surface area contributed by atoms with Crippen molar-refractivity contribution in [2.24, 2.45) is 0 Å². The molecule has 2 N–H and O–H groups in total. The van der Waals surface area contributed by atoms with Crippen molar-refractivity contribution in [3.63, 3.8) is 0 Å². The van der Waals surface area contributed by atoms with E-state index < -0.39 is 0 Å². The largest absolute Gasteiger partial charge is 0.497 e. The molecule has 2 atom stereocenters. The number of aliphatic hydroxyl groups excluding tert-OH is 1. The fourth-order valence-electron chi connectivity index (χ4n) is 3.21. The molecular weight excluding hydrogens is 372 g/mol. The molecule has 1 aromatic carbocycles. The zero-order chi connectivity index (χ0) is 17.2. The number of aromatic nitrogens is 3. The molecule has 26 heavy (non-hydrogen) atoms. The highest BCUT2D eigenvalue weighted by Crippen LogP contribution is 2.34. The second kappa shape index (κ2) is 8.18. The Morgan fingerprint density at radius 3 is 3.04 bits per heavy atom. The van der Waals surface area contributed by atoms with E-state index in [-0.39, 0.29) is 25.1 Å². The highest BCUT2D eigenvalue weighted by atomic mass is 35.5. The van der Waals surface area contributed by atoms with Crippen LogP contribution in [0.25, 0.3) is 21.3 Å². The Kier molecular flexibility index (Phi) is 5.93. The predicted molar refractivity (Wildman–Crippen MR) is 105 cm³/mol. The Morgan fingerprint density at radius 2 is 2.27 bits per heavy atom. The van der Waals surface area contributed by atoms with Crippen molar-refractivity contribution < 1.29 is 9.84 Å². The molecule has 3 aromatic rings. The van der Waals surface area contributed by atoms with Gasteiger partial charge in [-0.2, -0.15) is 0 Å². The first-order valence-corrected chi connectivity index (χ1v) is 9.08. The fraction of sp³-hybridized carbons (Fsp3) is 0.333. The summed E-state index contributed by atoms with van der Waals surface area (Å²) >= 11 is 1.62. The van der Waals surface area contributed by atoms with Gasteiger partial charge in [-0.15, -0.1) is 23.7 Å². The molecule has 0 unspecified atom stereocenters. The minimum atomic E-state index is 0. The number of halogens is 1. The molecule has 1 saturated heterocycles. The van der Waals surface area contributed by atoms with Crippen LogP contribution in [0.3, 0.4) is 0 Å². The van der Waals surface area contributed by atoms with Gasteiger partial charge in [-0.3, -0.25) is 0 Å². The lowest BCUT2D eigenvalue weighted by atomic mass is 10.2. The van der Waals surface area contributed by atoms with Crippen molar-refractivity contribution in [3.05, 3.63) is 42.9 Å². The first kappa shape index (κ1) is 18.8. The number of methoxy groups -OCH3 is 1. The van der Waals surface area contributed by atoms with Gasteiger partial charge in [0.1, 0.15) is 10.8 Å². The third-order valence-electron chi connectivity index (χ3n) is 4.52. The average molecular weight is 393 g/mol. The summed E-state index contributed by atoms with van der Waals surface area (Å²) in [5, 5.41) is 13.6. The number of nitrogens with one attached hydrogen (secondary N) is 1. The molecule has 0 aliphatic carbocycles. The third-order valence-corrected chi connectivity index (χ3v) is 5.57. The van der Waals surface area contributed by atoms with E-state index in [9.17, 15) is 5.11 Å². The van der Waals surface area contributed by atoms with E-state index in [4.69, 9.17) is 4.74 Å². The maximum Gasteiger partial charge on any atom is 0.151 e. The monoisotopic (exact) mass is 392 g/mol. The normalized spacial score (nSPS) is 19.3. The SMILES string of the molecule is COc1cccc(-c2ncc(-c3nccn3[C@@H]3CN[C@@H](CO)C3)s2)c1.Cl. The molecule has 138 valence electrons. The molecule has 8 heteroatoms. The Balaban J connectivity index is 0.00000196. The summed E-state index contributed by atoms with van der Waals surface area (Å²) in [6, 6.07) is 8.38. The molecule has 1 fully saturated rings. The summed E-state index contributed by atoms with van der Waals surface area (Å²) in [5.41, 5.74) is 1.04. The minimum Gasteiger partial charge on any atom is -0.497 e. The number of nitrogens with zero attached hydrogens (tertiary/aromatic N) is 3. The lowest BCUT2D eigenvalue weighted by Gasteiger charge is -2.13. The van der Waals surface area contributed by atoms with Crippen LogP contribution in [0.4, 0.5) is 0 Å². The molecule has 1 aliphatic heterocycles. The van der Waals surface area contributed by atoms with Crippen LogP contribution in [0.1, 0.15) is 12.5 Å². The molecule has 1 aliphatic rings. The first-order valence-electron chi connectivity index (χ1n) is 8.26. The van der Waals surface area contributed by atoms with Gasteiger partial charge < -0.3 is 19.7 Å². The highest BCUT2D eigenvalue weighted by Gasteiger charge is 2.26. The van der Waals surface area contributed by atoms with Crippen LogP contribution in [-0.2, 0) is 0 Å². The van der Waals surface area contributed by atoms with Gasteiger partial charge in [0.25, 0.3) is 0 Å². The molecule has 0 saturated carbocycles. The molecule has 0 bridgehead atoms. The van der Waals surface area contributed by atoms with Crippen molar-refractivity contribution in [2.75, 3.05) is 20.3 Å². The lowest BCUT2D eigenvalue weighted by Crippen LogP contribution is -2.24. The highest BCUT2D eigenvalue weighted by molar-refractivity contribution is 7.18. The van der Waals surface area contributed by atoms with Crippen LogP contribution in [0.2, 0.25) is 0 Å². The van der Waals surface area contributed by atoms with E-state index in [1.807, 2.05) is 42.9 Å². The molecular formula is C18H21ClN4O2S. The summed E-state index contributed by atoms with van der Waals surface area (Å²) in [5.74, 6) is 1.75. The first-order chi connectivity index (χ1) is 12.3. The van der Waals surface area contributed by atoms with Crippen LogP contribution in [0.15, 0.2) is 42.9 Å². The van der Waals surface area contributed by atoms with E-state index in [1.54, 1.807) is 18.4 Å². The summed E-state index contributed by atoms with van der Waals surface area (Å²) in [7, 11) is 1.67. The molecule has 0 spiro atoms. The van der Waals surface area contributed by atoms with Crippen molar-refractivity contribution >= 4 is 23.7 Å². The maximum atomic E-state index is 9.33. The van der Waals surface area contributed by atoms with E-state index in [0.717, 1.165) is 40.0 Å². The number of benzene rings is 1. The van der Waals surface area contributed by atoms with Gasteiger partial charge in [-0.25, -0.2) is 9.97 Å². The number of ether oxygens (including phenoxy) is 1. The van der Waals surface area contributed by atoms with Gasteiger partial charge >= 0.3 is 0 Å². The zero-order valence-corrected chi connectivity index (χ0v) is 16.0. The molecule has 2 aromatic heterocycles. The average Bonchev–Trinajstić information content (AvgIpc) is 3.40. The smallest absolute Gasteiger partial charge is 0.151 e. The summed E-state index contributed by atoms with van der Waals surface area (Å²) in [4.78, 5) is 10.1. The summed E-state index contributed by atoms with van der Waals surface area (Å²) in [6.45, 7) is 1.01. The van der Waals surface area contributed by atoms with Gasteiger partial charge in [0, 0.05) is 42.8 Å². The lowest BCUT2D eigenvalue weighted by molar-refractivity contribution is 0.253. The van der Waals surface area contributed by atoms with Gasteiger partial charge in [0.15, 0.2) is 5.82 Å². The van der Waals surface area contributed by atoms with Crippen LogP contribution in [-0.4, -0.2) is 45.9 Å². The van der Waals surface area contributed by atoms with E-state index in [0.29, 0.717) is 6.04 Å². The standard InChI is InChI=1S/C18H20N4O2S.ClH/c1-24-15-4-2-3-12(7-15)18-21-10-16(25-18)17-19-5-6-22(17)14-8-13(11-23)20-9-14;/h2-7,10,13-14,20,23H,8-9,11H2,1H3;1H/t13-,14+;/m1./s1. The van der Waals surface area contributed by atoms with Gasteiger partial charge in [0.2, 0.25) is 0 Å². The molecule has 4 rings (SSSR count). The van der Waals surface area contributed by atoms with E-state index >= 15 is 0 Å². The number of rotatable bonds is 5. The minimum absolute atomic E-state index is 0. The van der Waals surface area contributed by atoms with E-state index in [2.05, 4.69) is 19.9 Å².